The molecule has 2 N–H and O–H groups in total. The molecule has 140 valence electrons. The molecule has 7 heteroatoms. The summed E-state index contributed by atoms with van der Waals surface area (Å²) in [5, 5.41) is 13.0. The van der Waals surface area contributed by atoms with E-state index in [1.54, 1.807) is 18.2 Å². The van der Waals surface area contributed by atoms with Crippen LogP contribution in [0.1, 0.15) is 12.0 Å². The van der Waals surface area contributed by atoms with Gasteiger partial charge in [0.2, 0.25) is 5.91 Å². The summed E-state index contributed by atoms with van der Waals surface area (Å²) in [5.74, 6) is -0.0283. The van der Waals surface area contributed by atoms with Gasteiger partial charge in [0.05, 0.1) is 16.7 Å². The number of fused-ring (bicyclic) bond motifs is 1. The van der Waals surface area contributed by atoms with Crippen LogP contribution in [-0.2, 0) is 11.3 Å². The minimum atomic E-state index is -0.165. The molecule has 0 radical (unpaired) electrons. The molecule has 1 heterocycles. The molecule has 0 atom stereocenters. The summed E-state index contributed by atoms with van der Waals surface area (Å²) in [7, 11) is 0. The maximum absolute atomic E-state index is 12.8. The van der Waals surface area contributed by atoms with Gasteiger partial charge in [0.1, 0.15) is 0 Å². The summed E-state index contributed by atoms with van der Waals surface area (Å²) >= 11 is 1.22. The van der Waals surface area contributed by atoms with Crippen molar-refractivity contribution in [3.05, 3.63) is 64.4 Å². The van der Waals surface area contributed by atoms with E-state index < -0.39 is 0 Å². The number of aliphatic hydroxyl groups excluding tert-OH is 1. The monoisotopic (exact) mass is 383 g/mol. The second-order valence-electron chi connectivity index (χ2n) is 6.15. The Morgan fingerprint density at radius 1 is 1.22 bits per heavy atom. The number of carbonyl (C=O) groups excluding carboxylic acids is 1. The molecule has 0 spiro atoms. The normalized spacial score (nSPS) is 10.9. The van der Waals surface area contributed by atoms with Gasteiger partial charge in [0, 0.05) is 18.8 Å². The Balaban J connectivity index is 1.80. The lowest BCUT2D eigenvalue weighted by molar-refractivity contribution is -0.113. The molecule has 27 heavy (non-hydrogen) atoms. The Kier molecular flexibility index (Phi) is 6.26. The van der Waals surface area contributed by atoms with Gasteiger partial charge in [-0.3, -0.25) is 14.2 Å². The van der Waals surface area contributed by atoms with Gasteiger partial charge in [-0.15, -0.1) is 0 Å². The number of nitrogens with one attached hydrogen (secondary N) is 1. The molecule has 3 aromatic rings. The number of aryl methyl sites for hydroxylation is 1. The Labute approximate surface area is 161 Å². The molecule has 0 unspecified atom stereocenters. The maximum atomic E-state index is 12.8. The number of anilines is 1. The van der Waals surface area contributed by atoms with Crippen molar-refractivity contribution in [2.45, 2.75) is 25.0 Å². The van der Waals surface area contributed by atoms with Crippen LogP contribution in [-0.4, -0.2) is 32.9 Å². The summed E-state index contributed by atoms with van der Waals surface area (Å²) in [4.78, 5) is 29.6. The quantitative estimate of drug-likeness (QED) is 0.484. The fraction of sp³-hybridized carbons (Fsp3) is 0.250. The number of carbonyl (C=O) groups is 1. The van der Waals surface area contributed by atoms with Crippen LogP contribution in [0.2, 0.25) is 0 Å². The average Bonchev–Trinajstić information content (AvgIpc) is 2.66. The maximum Gasteiger partial charge on any atom is 0.262 e. The standard InChI is InChI=1S/C20H21N3O3S/c1-14-6-4-7-15(12-14)21-18(25)13-27-20-22-17-9-3-2-8-16(17)19(26)23(20)10-5-11-24/h2-4,6-9,12,24H,5,10-11,13H2,1H3,(H,21,25). The van der Waals surface area contributed by atoms with Crippen LogP contribution in [0.4, 0.5) is 5.69 Å². The van der Waals surface area contributed by atoms with E-state index in [-0.39, 0.29) is 23.8 Å². The number of aromatic nitrogens is 2. The summed E-state index contributed by atoms with van der Waals surface area (Å²) in [6.45, 7) is 2.30. The Hall–Kier alpha value is -2.64. The van der Waals surface area contributed by atoms with Crippen molar-refractivity contribution in [1.29, 1.82) is 0 Å². The van der Waals surface area contributed by atoms with Crippen LogP contribution in [0, 0.1) is 6.92 Å². The number of nitrogens with zero attached hydrogens (tertiary/aromatic N) is 2. The number of aliphatic hydroxyl groups is 1. The number of thioether (sulfide) groups is 1. The molecule has 1 amide bonds. The van der Waals surface area contributed by atoms with Crippen molar-refractivity contribution in [2.24, 2.45) is 0 Å². The minimum Gasteiger partial charge on any atom is -0.396 e. The zero-order chi connectivity index (χ0) is 19.2. The van der Waals surface area contributed by atoms with Crippen molar-refractivity contribution in [2.75, 3.05) is 17.7 Å². The second kappa shape index (κ2) is 8.83. The summed E-state index contributed by atoms with van der Waals surface area (Å²) in [6, 6.07) is 14.7. The van der Waals surface area contributed by atoms with E-state index in [1.807, 2.05) is 37.3 Å². The third kappa shape index (κ3) is 4.75. The lowest BCUT2D eigenvalue weighted by Crippen LogP contribution is -2.24. The molecular weight excluding hydrogens is 362 g/mol. The van der Waals surface area contributed by atoms with Gasteiger partial charge in [0.15, 0.2) is 5.16 Å². The lowest BCUT2D eigenvalue weighted by Gasteiger charge is -2.12. The van der Waals surface area contributed by atoms with Crippen molar-refractivity contribution in [3.63, 3.8) is 0 Å². The fourth-order valence-corrected chi connectivity index (χ4v) is 3.56. The molecule has 2 aromatic carbocycles. The molecule has 0 aliphatic rings. The highest BCUT2D eigenvalue weighted by Crippen LogP contribution is 2.19. The number of amides is 1. The molecule has 0 bridgehead atoms. The first-order valence-electron chi connectivity index (χ1n) is 8.68. The van der Waals surface area contributed by atoms with Crippen LogP contribution in [0.5, 0.6) is 0 Å². The number of benzene rings is 2. The highest BCUT2D eigenvalue weighted by Gasteiger charge is 2.13. The summed E-state index contributed by atoms with van der Waals surface area (Å²) in [5.41, 5.74) is 2.25. The highest BCUT2D eigenvalue weighted by atomic mass is 32.2. The van der Waals surface area contributed by atoms with Gasteiger partial charge in [-0.1, -0.05) is 36.0 Å². The third-order valence-corrected chi connectivity index (χ3v) is 4.98. The molecule has 3 rings (SSSR count). The molecule has 0 saturated carbocycles. The first-order chi connectivity index (χ1) is 13.1. The largest absolute Gasteiger partial charge is 0.396 e. The minimum absolute atomic E-state index is 0.0166. The summed E-state index contributed by atoms with van der Waals surface area (Å²) < 4.78 is 1.53. The van der Waals surface area contributed by atoms with Gasteiger partial charge >= 0.3 is 0 Å². The molecule has 0 aliphatic heterocycles. The van der Waals surface area contributed by atoms with Gasteiger partial charge < -0.3 is 10.4 Å². The predicted molar refractivity (Wildman–Crippen MR) is 108 cm³/mol. The Bertz CT molecular complexity index is 1020. The van der Waals surface area contributed by atoms with Crippen LogP contribution >= 0.6 is 11.8 Å². The van der Waals surface area contributed by atoms with E-state index in [0.717, 1.165) is 11.3 Å². The SMILES string of the molecule is Cc1cccc(NC(=O)CSc2nc3ccccc3c(=O)n2CCCO)c1. The molecule has 0 aliphatic carbocycles. The predicted octanol–water partition coefficient (Wildman–Crippen LogP) is 2.82. The molecule has 0 fully saturated rings. The van der Waals surface area contributed by atoms with Crippen LogP contribution < -0.4 is 10.9 Å². The van der Waals surface area contributed by atoms with E-state index >= 15 is 0 Å². The van der Waals surface area contributed by atoms with E-state index in [2.05, 4.69) is 10.3 Å². The highest BCUT2D eigenvalue weighted by molar-refractivity contribution is 7.99. The second-order valence-corrected chi connectivity index (χ2v) is 7.09. The summed E-state index contributed by atoms with van der Waals surface area (Å²) in [6.07, 6.45) is 0.447. The van der Waals surface area contributed by atoms with Crippen LogP contribution in [0.3, 0.4) is 0 Å². The Morgan fingerprint density at radius 3 is 2.81 bits per heavy atom. The van der Waals surface area contributed by atoms with Crippen molar-refractivity contribution >= 4 is 34.3 Å². The van der Waals surface area contributed by atoms with E-state index in [4.69, 9.17) is 5.11 Å². The van der Waals surface area contributed by atoms with Gasteiger partial charge in [-0.25, -0.2) is 4.98 Å². The number of para-hydroxylation sites is 1. The smallest absolute Gasteiger partial charge is 0.262 e. The topological polar surface area (TPSA) is 84.2 Å². The molecule has 1 aromatic heterocycles. The Morgan fingerprint density at radius 2 is 2.04 bits per heavy atom. The van der Waals surface area contributed by atoms with Crippen molar-refractivity contribution in [3.8, 4) is 0 Å². The lowest BCUT2D eigenvalue weighted by atomic mass is 10.2. The van der Waals surface area contributed by atoms with Crippen molar-refractivity contribution < 1.29 is 9.90 Å². The van der Waals surface area contributed by atoms with E-state index in [9.17, 15) is 9.59 Å². The van der Waals surface area contributed by atoms with Gasteiger partial charge in [-0.2, -0.15) is 0 Å². The number of rotatable bonds is 7. The fourth-order valence-electron chi connectivity index (χ4n) is 2.73. The molecule has 6 nitrogen and oxygen atoms in total. The van der Waals surface area contributed by atoms with Gasteiger partial charge in [-0.05, 0) is 43.2 Å². The third-order valence-electron chi connectivity index (χ3n) is 4.00. The number of hydrogen-bond donors (Lipinski definition) is 2. The van der Waals surface area contributed by atoms with E-state index in [1.165, 1.54) is 16.3 Å². The van der Waals surface area contributed by atoms with Crippen LogP contribution in [0.15, 0.2) is 58.5 Å². The number of hydrogen-bond acceptors (Lipinski definition) is 5. The zero-order valence-corrected chi connectivity index (χ0v) is 15.8. The molecular formula is C20H21N3O3S. The molecule has 0 saturated heterocycles. The first-order valence-corrected chi connectivity index (χ1v) is 9.67. The van der Waals surface area contributed by atoms with Crippen molar-refractivity contribution in [1.82, 2.24) is 9.55 Å². The first kappa shape index (κ1) is 19.1. The zero-order valence-electron chi connectivity index (χ0n) is 15.0. The van der Waals surface area contributed by atoms with Gasteiger partial charge in [0.25, 0.3) is 5.56 Å². The van der Waals surface area contributed by atoms with Crippen LogP contribution in [0.25, 0.3) is 10.9 Å². The average molecular weight is 383 g/mol. The van der Waals surface area contributed by atoms with E-state index in [0.29, 0.717) is 29.0 Å².